The molecule has 2 nitrogen and oxygen atoms in total. The Kier molecular flexibility index (Phi) is 10.6. The van der Waals surface area contributed by atoms with Crippen LogP contribution >= 0.6 is 0 Å². The van der Waals surface area contributed by atoms with Crippen LogP contribution in [-0.4, -0.2) is 19.3 Å². The molecule has 1 saturated heterocycles. The van der Waals surface area contributed by atoms with Gasteiger partial charge in [0.2, 0.25) is 0 Å². The van der Waals surface area contributed by atoms with Crippen molar-refractivity contribution >= 4 is 0 Å². The molecular formula is C24H34O2. The molecule has 1 aromatic carbocycles. The third-order valence-electron chi connectivity index (χ3n) is 4.48. The average Bonchev–Trinajstić information content (AvgIpc) is 3.49. The first-order valence-corrected chi connectivity index (χ1v) is 10.1. The smallest absolute Gasteiger partial charge is 0.119 e. The highest BCUT2D eigenvalue weighted by molar-refractivity contribution is 5.28. The number of hydrogen-bond acceptors (Lipinski definition) is 2. The molecule has 1 atom stereocenters. The molecule has 0 saturated carbocycles. The van der Waals surface area contributed by atoms with Crippen molar-refractivity contribution in [2.75, 3.05) is 13.2 Å². The van der Waals surface area contributed by atoms with Crippen LogP contribution in [0.5, 0.6) is 5.75 Å². The summed E-state index contributed by atoms with van der Waals surface area (Å²) in [4.78, 5) is 0. The molecule has 1 aliphatic heterocycles. The van der Waals surface area contributed by atoms with Crippen LogP contribution in [0.1, 0.15) is 56.9 Å². The minimum Gasteiger partial charge on any atom is -0.491 e. The van der Waals surface area contributed by atoms with E-state index < -0.39 is 0 Å². The lowest BCUT2D eigenvalue weighted by molar-refractivity contribution is 0.263. The van der Waals surface area contributed by atoms with Gasteiger partial charge in [0, 0.05) is 0 Å². The molecule has 0 spiro atoms. The van der Waals surface area contributed by atoms with Crippen LogP contribution in [0.3, 0.4) is 0 Å². The summed E-state index contributed by atoms with van der Waals surface area (Å²) >= 11 is 0. The van der Waals surface area contributed by atoms with Gasteiger partial charge in [0.25, 0.3) is 0 Å². The Morgan fingerprint density at radius 1 is 1.00 bits per heavy atom. The third kappa shape index (κ3) is 10.2. The van der Waals surface area contributed by atoms with E-state index in [1.54, 1.807) is 0 Å². The second kappa shape index (κ2) is 13.4. The van der Waals surface area contributed by atoms with E-state index in [-0.39, 0.29) is 0 Å². The standard InChI is InChI=1S/C24H34O2/c1-2-3-4-5-6-7-8-9-10-11-12-13-14-16-22-17-15-18-23(19-22)25-20-24-21-26-24/h2,4-5,7-8,15,17-19,24H,1,3,6,9-14,16,20-21H2/b5-4-,8-7-. The normalized spacial score (nSPS) is 16.4. The number of epoxide rings is 1. The molecular weight excluding hydrogens is 320 g/mol. The van der Waals surface area contributed by atoms with Crippen molar-refractivity contribution in [3.05, 3.63) is 66.8 Å². The number of allylic oxidation sites excluding steroid dienone is 5. The molecule has 2 heteroatoms. The highest BCUT2D eigenvalue weighted by Gasteiger charge is 2.22. The number of unbranched alkanes of at least 4 members (excludes halogenated alkanes) is 5. The van der Waals surface area contributed by atoms with E-state index in [1.807, 2.05) is 12.1 Å². The minimum absolute atomic E-state index is 0.322. The molecule has 1 fully saturated rings. The highest BCUT2D eigenvalue weighted by Crippen LogP contribution is 2.18. The summed E-state index contributed by atoms with van der Waals surface area (Å²) in [5.74, 6) is 0.976. The second-order valence-corrected chi connectivity index (χ2v) is 6.92. The van der Waals surface area contributed by atoms with Gasteiger partial charge in [-0.05, 0) is 56.2 Å². The van der Waals surface area contributed by atoms with Crippen LogP contribution in [0.15, 0.2) is 61.2 Å². The zero-order chi connectivity index (χ0) is 18.3. The van der Waals surface area contributed by atoms with Gasteiger partial charge in [0.05, 0.1) is 6.61 Å². The molecule has 26 heavy (non-hydrogen) atoms. The Bertz CT molecular complexity index is 555. The largest absolute Gasteiger partial charge is 0.491 e. The zero-order valence-corrected chi connectivity index (χ0v) is 16.1. The lowest BCUT2D eigenvalue weighted by atomic mass is 10.0. The minimum atomic E-state index is 0.322. The molecule has 0 radical (unpaired) electrons. The number of hydrogen-bond donors (Lipinski definition) is 0. The lowest BCUT2D eigenvalue weighted by Gasteiger charge is -2.07. The maximum absolute atomic E-state index is 5.75. The summed E-state index contributed by atoms with van der Waals surface area (Å²) in [7, 11) is 0. The van der Waals surface area contributed by atoms with Crippen molar-refractivity contribution in [2.24, 2.45) is 0 Å². The first-order chi connectivity index (χ1) is 12.9. The summed E-state index contributed by atoms with van der Waals surface area (Å²) in [6.45, 7) is 5.24. The second-order valence-electron chi connectivity index (χ2n) is 6.92. The van der Waals surface area contributed by atoms with E-state index in [4.69, 9.17) is 9.47 Å². The van der Waals surface area contributed by atoms with Gasteiger partial charge in [0.15, 0.2) is 0 Å². The zero-order valence-electron chi connectivity index (χ0n) is 16.1. The SMILES string of the molecule is C=CC/C=C\C/C=C\CCCCCCCc1cccc(OCC2CO2)c1. The molecule has 0 N–H and O–H groups in total. The lowest BCUT2D eigenvalue weighted by Crippen LogP contribution is -2.04. The Hall–Kier alpha value is -1.80. The van der Waals surface area contributed by atoms with E-state index in [9.17, 15) is 0 Å². The highest BCUT2D eigenvalue weighted by atomic mass is 16.6. The van der Waals surface area contributed by atoms with Gasteiger partial charge >= 0.3 is 0 Å². The van der Waals surface area contributed by atoms with Crippen molar-refractivity contribution in [1.82, 2.24) is 0 Å². The van der Waals surface area contributed by atoms with Crippen LogP contribution in [0.25, 0.3) is 0 Å². The molecule has 1 aromatic rings. The topological polar surface area (TPSA) is 21.8 Å². The summed E-state index contributed by atoms with van der Waals surface area (Å²) in [6, 6.07) is 8.51. The van der Waals surface area contributed by atoms with E-state index in [0.717, 1.165) is 31.6 Å². The van der Waals surface area contributed by atoms with Gasteiger partial charge in [-0.1, -0.05) is 61.8 Å². The third-order valence-corrected chi connectivity index (χ3v) is 4.48. The molecule has 0 bridgehead atoms. The number of rotatable bonds is 15. The van der Waals surface area contributed by atoms with Crippen LogP contribution < -0.4 is 4.74 Å². The Morgan fingerprint density at radius 2 is 1.77 bits per heavy atom. The fraction of sp³-hybridized carbons (Fsp3) is 0.500. The summed E-state index contributed by atoms with van der Waals surface area (Å²) in [6.07, 6.45) is 22.1. The monoisotopic (exact) mass is 354 g/mol. The number of benzene rings is 1. The first-order valence-electron chi connectivity index (χ1n) is 10.1. The Labute approximate surface area is 159 Å². The fourth-order valence-corrected chi connectivity index (χ4v) is 2.85. The average molecular weight is 355 g/mol. The molecule has 2 rings (SSSR count). The molecule has 0 aliphatic carbocycles. The quantitative estimate of drug-likeness (QED) is 0.206. The van der Waals surface area contributed by atoms with Gasteiger partial charge < -0.3 is 9.47 Å². The Balaban J connectivity index is 1.44. The maximum atomic E-state index is 5.75. The van der Waals surface area contributed by atoms with Gasteiger partial charge in [-0.2, -0.15) is 0 Å². The van der Waals surface area contributed by atoms with Crippen LogP contribution in [-0.2, 0) is 11.2 Å². The van der Waals surface area contributed by atoms with Crippen LogP contribution in [0, 0.1) is 0 Å². The van der Waals surface area contributed by atoms with Crippen molar-refractivity contribution in [3.63, 3.8) is 0 Å². The van der Waals surface area contributed by atoms with E-state index in [0.29, 0.717) is 12.7 Å². The summed E-state index contributed by atoms with van der Waals surface area (Å²) in [5.41, 5.74) is 1.38. The molecule has 0 amide bonds. The van der Waals surface area contributed by atoms with E-state index >= 15 is 0 Å². The van der Waals surface area contributed by atoms with Crippen molar-refractivity contribution in [2.45, 2.75) is 63.9 Å². The van der Waals surface area contributed by atoms with Crippen LogP contribution in [0.4, 0.5) is 0 Å². The first kappa shape index (κ1) is 20.5. The van der Waals surface area contributed by atoms with Gasteiger partial charge in [-0.3, -0.25) is 0 Å². The predicted octanol–water partition coefficient (Wildman–Crippen LogP) is 6.43. The van der Waals surface area contributed by atoms with E-state index in [1.165, 1.54) is 44.1 Å². The van der Waals surface area contributed by atoms with E-state index in [2.05, 4.69) is 49.1 Å². The van der Waals surface area contributed by atoms with Crippen molar-refractivity contribution in [3.8, 4) is 5.75 Å². The summed E-state index contributed by atoms with van der Waals surface area (Å²) < 4.78 is 10.9. The molecule has 0 aromatic heterocycles. The summed E-state index contributed by atoms with van der Waals surface area (Å²) in [5, 5.41) is 0. The van der Waals surface area contributed by atoms with Gasteiger partial charge in [-0.15, -0.1) is 6.58 Å². The number of ether oxygens (including phenoxy) is 2. The predicted molar refractivity (Wildman–Crippen MR) is 111 cm³/mol. The number of aryl methyl sites for hydroxylation is 1. The molecule has 1 aliphatic rings. The molecule has 142 valence electrons. The fourth-order valence-electron chi connectivity index (χ4n) is 2.85. The molecule has 1 heterocycles. The van der Waals surface area contributed by atoms with Crippen molar-refractivity contribution < 1.29 is 9.47 Å². The maximum Gasteiger partial charge on any atom is 0.119 e. The molecule has 1 unspecified atom stereocenters. The van der Waals surface area contributed by atoms with Gasteiger partial charge in [-0.25, -0.2) is 0 Å². The van der Waals surface area contributed by atoms with Crippen molar-refractivity contribution in [1.29, 1.82) is 0 Å². The van der Waals surface area contributed by atoms with Gasteiger partial charge in [0.1, 0.15) is 18.5 Å². The Morgan fingerprint density at radius 3 is 2.62 bits per heavy atom. The van der Waals surface area contributed by atoms with Crippen LogP contribution in [0.2, 0.25) is 0 Å².